The molecule has 1 saturated carbocycles. The van der Waals surface area contributed by atoms with Crippen LogP contribution in [0.5, 0.6) is 5.75 Å². The van der Waals surface area contributed by atoms with Crippen LogP contribution >= 0.6 is 0 Å². The molecule has 3 heteroatoms. The van der Waals surface area contributed by atoms with E-state index in [1.165, 1.54) is 0 Å². The Labute approximate surface area is 103 Å². The summed E-state index contributed by atoms with van der Waals surface area (Å²) in [5.74, 6) is 0.876. The third-order valence-electron chi connectivity index (χ3n) is 3.82. The maximum absolute atomic E-state index is 10.9. The number of hydrogen-bond donors (Lipinski definition) is 1. The molecule has 3 nitrogen and oxygen atoms in total. The standard InChI is InChI=1S/C14H21NO2/c1-10-8-13(2,3)9-14(10,16)12-11(17-4)6-5-7-15-12/h5-7,10,16H,8-9H2,1-4H3. The van der Waals surface area contributed by atoms with E-state index in [1.807, 2.05) is 12.1 Å². The van der Waals surface area contributed by atoms with Crippen LogP contribution in [0.3, 0.4) is 0 Å². The van der Waals surface area contributed by atoms with E-state index in [9.17, 15) is 5.11 Å². The smallest absolute Gasteiger partial charge is 0.143 e. The van der Waals surface area contributed by atoms with E-state index in [4.69, 9.17) is 4.74 Å². The van der Waals surface area contributed by atoms with Gasteiger partial charge in [0.2, 0.25) is 0 Å². The zero-order valence-corrected chi connectivity index (χ0v) is 11.0. The molecule has 0 saturated heterocycles. The van der Waals surface area contributed by atoms with Crippen LogP contribution in [0.15, 0.2) is 18.3 Å². The highest BCUT2D eigenvalue weighted by atomic mass is 16.5. The first-order valence-electron chi connectivity index (χ1n) is 6.11. The van der Waals surface area contributed by atoms with E-state index in [-0.39, 0.29) is 11.3 Å². The van der Waals surface area contributed by atoms with Crippen LogP contribution in [0.1, 0.15) is 39.3 Å². The maximum Gasteiger partial charge on any atom is 0.143 e. The van der Waals surface area contributed by atoms with Gasteiger partial charge in [0, 0.05) is 6.20 Å². The number of pyridine rings is 1. The van der Waals surface area contributed by atoms with Gasteiger partial charge in [0.25, 0.3) is 0 Å². The monoisotopic (exact) mass is 235 g/mol. The highest BCUT2D eigenvalue weighted by molar-refractivity contribution is 5.33. The second-order valence-electron chi connectivity index (χ2n) is 5.92. The predicted molar refractivity (Wildman–Crippen MR) is 66.9 cm³/mol. The van der Waals surface area contributed by atoms with Gasteiger partial charge in [0.1, 0.15) is 17.0 Å². The molecule has 0 aromatic carbocycles. The zero-order chi connectivity index (χ0) is 12.7. The number of aliphatic hydroxyl groups is 1. The molecule has 0 bridgehead atoms. The van der Waals surface area contributed by atoms with Crippen molar-refractivity contribution in [2.45, 2.75) is 39.2 Å². The fourth-order valence-electron chi connectivity index (χ4n) is 3.17. The van der Waals surface area contributed by atoms with Crippen LogP contribution in [0.4, 0.5) is 0 Å². The molecule has 1 aromatic heterocycles. The average Bonchev–Trinajstić information content (AvgIpc) is 2.48. The predicted octanol–water partition coefficient (Wildman–Crippen LogP) is 2.73. The van der Waals surface area contributed by atoms with Crippen LogP contribution in [0.25, 0.3) is 0 Å². The van der Waals surface area contributed by atoms with Crippen molar-refractivity contribution < 1.29 is 9.84 Å². The molecule has 1 aliphatic carbocycles. The van der Waals surface area contributed by atoms with Crippen molar-refractivity contribution in [2.24, 2.45) is 11.3 Å². The second-order valence-corrected chi connectivity index (χ2v) is 5.92. The summed E-state index contributed by atoms with van der Waals surface area (Å²) in [6.45, 7) is 6.47. The largest absolute Gasteiger partial charge is 0.495 e. The molecule has 1 aromatic rings. The third-order valence-corrected chi connectivity index (χ3v) is 3.82. The molecule has 0 aliphatic heterocycles. The van der Waals surface area contributed by atoms with Crippen LogP contribution < -0.4 is 4.74 Å². The topological polar surface area (TPSA) is 42.4 Å². The zero-order valence-electron chi connectivity index (χ0n) is 11.0. The van der Waals surface area contributed by atoms with E-state index >= 15 is 0 Å². The van der Waals surface area contributed by atoms with Crippen molar-refractivity contribution in [1.82, 2.24) is 4.98 Å². The van der Waals surface area contributed by atoms with E-state index in [2.05, 4.69) is 25.8 Å². The normalized spacial score (nSPS) is 31.5. The van der Waals surface area contributed by atoms with Gasteiger partial charge in [-0.1, -0.05) is 20.8 Å². The van der Waals surface area contributed by atoms with Crippen LogP contribution in [-0.4, -0.2) is 17.2 Å². The van der Waals surface area contributed by atoms with Gasteiger partial charge in [0.15, 0.2) is 0 Å². The molecule has 0 radical (unpaired) electrons. The molecule has 1 heterocycles. The summed E-state index contributed by atoms with van der Waals surface area (Å²) >= 11 is 0. The van der Waals surface area contributed by atoms with Crippen molar-refractivity contribution in [1.29, 1.82) is 0 Å². The van der Waals surface area contributed by atoms with Gasteiger partial charge in [0.05, 0.1) is 7.11 Å². The van der Waals surface area contributed by atoms with Crippen molar-refractivity contribution in [2.75, 3.05) is 7.11 Å². The van der Waals surface area contributed by atoms with Gasteiger partial charge in [-0.15, -0.1) is 0 Å². The minimum absolute atomic E-state index is 0.150. The number of rotatable bonds is 2. The maximum atomic E-state index is 10.9. The van der Waals surface area contributed by atoms with E-state index < -0.39 is 5.60 Å². The number of hydrogen-bond acceptors (Lipinski definition) is 3. The molecular formula is C14H21NO2. The van der Waals surface area contributed by atoms with Crippen molar-refractivity contribution in [3.05, 3.63) is 24.0 Å². The lowest BCUT2D eigenvalue weighted by Gasteiger charge is -2.29. The fraction of sp³-hybridized carbons (Fsp3) is 0.643. The summed E-state index contributed by atoms with van der Waals surface area (Å²) in [5.41, 5.74) is -0.0344. The van der Waals surface area contributed by atoms with Crippen LogP contribution in [0.2, 0.25) is 0 Å². The van der Waals surface area contributed by atoms with Crippen LogP contribution in [-0.2, 0) is 5.60 Å². The van der Waals surface area contributed by atoms with Gasteiger partial charge in [-0.3, -0.25) is 4.98 Å². The second kappa shape index (κ2) is 3.98. The highest BCUT2D eigenvalue weighted by Gasteiger charge is 2.50. The summed E-state index contributed by atoms with van der Waals surface area (Å²) in [7, 11) is 1.62. The Morgan fingerprint density at radius 1 is 1.47 bits per heavy atom. The SMILES string of the molecule is COc1cccnc1C1(O)CC(C)(C)CC1C. The van der Waals surface area contributed by atoms with Gasteiger partial charge < -0.3 is 9.84 Å². The Kier molecular flexibility index (Phi) is 2.90. The summed E-state index contributed by atoms with van der Waals surface area (Å²) in [6.07, 6.45) is 3.45. The molecule has 1 aliphatic rings. The quantitative estimate of drug-likeness (QED) is 0.857. The van der Waals surface area contributed by atoms with Gasteiger partial charge in [-0.05, 0) is 36.3 Å². The van der Waals surface area contributed by atoms with Gasteiger partial charge in [-0.2, -0.15) is 0 Å². The molecule has 0 amide bonds. The molecule has 2 atom stereocenters. The molecule has 2 unspecified atom stereocenters. The first-order valence-corrected chi connectivity index (χ1v) is 6.11. The summed E-state index contributed by atoms with van der Waals surface area (Å²) in [4.78, 5) is 4.34. The molecule has 94 valence electrons. The van der Waals surface area contributed by atoms with Crippen molar-refractivity contribution >= 4 is 0 Å². The van der Waals surface area contributed by atoms with Crippen molar-refractivity contribution in [3.8, 4) is 5.75 Å². The Bertz CT molecular complexity index is 416. The molecule has 17 heavy (non-hydrogen) atoms. The lowest BCUT2D eigenvalue weighted by molar-refractivity contribution is -0.00713. The minimum Gasteiger partial charge on any atom is -0.495 e. The number of methoxy groups -OCH3 is 1. The van der Waals surface area contributed by atoms with Gasteiger partial charge in [-0.25, -0.2) is 0 Å². The van der Waals surface area contributed by atoms with Crippen molar-refractivity contribution in [3.63, 3.8) is 0 Å². The fourth-order valence-corrected chi connectivity index (χ4v) is 3.17. The first-order chi connectivity index (χ1) is 7.89. The highest BCUT2D eigenvalue weighted by Crippen LogP contribution is 2.53. The Balaban J connectivity index is 2.45. The number of ether oxygens (including phenoxy) is 1. The van der Waals surface area contributed by atoms with E-state index in [0.29, 0.717) is 11.4 Å². The lowest BCUT2D eigenvalue weighted by Crippen LogP contribution is -2.30. The minimum atomic E-state index is -0.865. The lowest BCUT2D eigenvalue weighted by atomic mass is 9.86. The molecule has 1 N–H and O–H groups in total. The number of aromatic nitrogens is 1. The number of nitrogens with zero attached hydrogens (tertiary/aromatic N) is 1. The Morgan fingerprint density at radius 2 is 2.18 bits per heavy atom. The summed E-state index contributed by atoms with van der Waals surface area (Å²) in [6, 6.07) is 3.69. The van der Waals surface area contributed by atoms with Crippen LogP contribution in [0, 0.1) is 11.3 Å². The summed E-state index contributed by atoms with van der Waals surface area (Å²) < 4.78 is 5.32. The van der Waals surface area contributed by atoms with E-state index in [0.717, 1.165) is 12.8 Å². The average molecular weight is 235 g/mol. The van der Waals surface area contributed by atoms with E-state index in [1.54, 1.807) is 13.3 Å². The molecule has 0 spiro atoms. The summed E-state index contributed by atoms with van der Waals surface area (Å²) in [5, 5.41) is 10.9. The third kappa shape index (κ3) is 2.04. The Morgan fingerprint density at radius 3 is 2.71 bits per heavy atom. The molecular weight excluding hydrogens is 214 g/mol. The first kappa shape index (κ1) is 12.4. The van der Waals surface area contributed by atoms with Gasteiger partial charge >= 0.3 is 0 Å². The Hall–Kier alpha value is -1.09. The molecule has 2 rings (SSSR count). The molecule has 1 fully saturated rings.